The minimum absolute atomic E-state index is 0.0739. The smallest absolute Gasteiger partial charge is 0.125 e. The topological polar surface area (TPSA) is 42.7 Å². The molecule has 20 heavy (non-hydrogen) atoms. The van der Waals surface area contributed by atoms with Gasteiger partial charge in [-0.2, -0.15) is 0 Å². The van der Waals surface area contributed by atoms with Gasteiger partial charge in [-0.15, -0.1) is 5.10 Å². The molecule has 0 aliphatic carbocycles. The largest absolute Gasteiger partial charge is 0.363 e. The second-order valence-corrected chi connectivity index (χ2v) is 5.22. The van der Waals surface area contributed by atoms with Gasteiger partial charge in [0.15, 0.2) is 0 Å². The monoisotopic (exact) mass is 266 g/mol. The van der Waals surface area contributed by atoms with Crippen molar-refractivity contribution >= 4 is 16.7 Å². The van der Waals surface area contributed by atoms with E-state index >= 15 is 0 Å². The number of nitrogens with one attached hydrogen (secondary N) is 1. The summed E-state index contributed by atoms with van der Waals surface area (Å²) in [5.74, 6) is 0.389. The van der Waals surface area contributed by atoms with E-state index in [-0.39, 0.29) is 6.17 Å². The molecule has 1 unspecified atom stereocenters. The summed E-state index contributed by atoms with van der Waals surface area (Å²) in [6.07, 6.45) is 0.0739. The summed E-state index contributed by atoms with van der Waals surface area (Å²) in [6.45, 7) is 4.36. The van der Waals surface area contributed by atoms with Crippen molar-refractivity contribution in [2.45, 2.75) is 20.0 Å². The molecule has 0 spiro atoms. The van der Waals surface area contributed by atoms with Crippen LogP contribution in [0.15, 0.2) is 54.6 Å². The zero-order valence-electron chi connectivity index (χ0n) is 11.7. The van der Waals surface area contributed by atoms with Crippen LogP contribution in [0.4, 0.5) is 5.69 Å². The Morgan fingerprint density at radius 2 is 1.65 bits per heavy atom. The first kappa shape index (κ1) is 12.7. The lowest BCUT2D eigenvalue weighted by Gasteiger charge is -2.24. The van der Waals surface area contributed by atoms with Gasteiger partial charge in [0.1, 0.15) is 11.7 Å². The Morgan fingerprint density at radius 1 is 0.950 bits per heavy atom. The molecule has 0 bridgehead atoms. The van der Waals surface area contributed by atoms with Crippen LogP contribution in [0.2, 0.25) is 0 Å². The van der Waals surface area contributed by atoms with Crippen LogP contribution in [0.1, 0.15) is 20.0 Å². The molecule has 0 aliphatic heterocycles. The molecule has 0 amide bonds. The number of fused-ring (bicyclic) bond motifs is 1. The second-order valence-electron chi connectivity index (χ2n) is 5.22. The normalized spacial score (nSPS) is 12.8. The van der Waals surface area contributed by atoms with E-state index in [0.717, 1.165) is 16.7 Å². The number of nitrogens with zero attached hydrogens (tertiary/aromatic N) is 3. The number of hydrogen-bond acceptors (Lipinski definition) is 3. The van der Waals surface area contributed by atoms with Crippen LogP contribution in [-0.4, -0.2) is 15.0 Å². The average molecular weight is 266 g/mol. The molecular formula is C16H18N4. The van der Waals surface area contributed by atoms with Gasteiger partial charge in [-0.3, -0.25) is 0 Å². The van der Waals surface area contributed by atoms with Crippen molar-refractivity contribution in [3.8, 4) is 0 Å². The number of hydrogen-bond donors (Lipinski definition) is 1. The predicted octanol–water partition coefficient (Wildman–Crippen LogP) is 3.70. The van der Waals surface area contributed by atoms with Crippen molar-refractivity contribution in [2.24, 2.45) is 5.92 Å². The second kappa shape index (κ2) is 5.33. The van der Waals surface area contributed by atoms with Crippen LogP contribution >= 0.6 is 0 Å². The Hall–Kier alpha value is -2.36. The van der Waals surface area contributed by atoms with E-state index < -0.39 is 0 Å². The van der Waals surface area contributed by atoms with Gasteiger partial charge in [-0.05, 0) is 30.2 Å². The fraction of sp³-hybridized carbons (Fsp3) is 0.250. The highest BCUT2D eigenvalue weighted by atomic mass is 15.5. The maximum atomic E-state index is 4.32. The van der Waals surface area contributed by atoms with Crippen LogP contribution in [0.5, 0.6) is 0 Å². The summed E-state index contributed by atoms with van der Waals surface area (Å²) >= 11 is 0. The molecule has 1 atom stereocenters. The van der Waals surface area contributed by atoms with E-state index in [9.17, 15) is 0 Å². The highest BCUT2D eigenvalue weighted by Crippen LogP contribution is 2.23. The first-order valence-electron chi connectivity index (χ1n) is 6.87. The van der Waals surface area contributed by atoms with E-state index in [1.165, 1.54) is 0 Å². The molecule has 0 fully saturated rings. The van der Waals surface area contributed by atoms with Gasteiger partial charge >= 0.3 is 0 Å². The molecule has 0 aliphatic rings. The van der Waals surface area contributed by atoms with Crippen molar-refractivity contribution in [1.29, 1.82) is 0 Å². The standard InChI is InChI=1S/C16H18N4/c1-12(2)16(17-13-8-4-3-5-9-13)20-15-11-7-6-10-14(15)18-19-20/h3-12,16-17H,1-2H3. The van der Waals surface area contributed by atoms with Gasteiger partial charge in [0, 0.05) is 5.69 Å². The Kier molecular flexibility index (Phi) is 3.37. The summed E-state index contributed by atoms with van der Waals surface area (Å²) in [5, 5.41) is 12.1. The lowest BCUT2D eigenvalue weighted by Crippen LogP contribution is -2.24. The minimum Gasteiger partial charge on any atom is -0.363 e. The number of para-hydroxylation sites is 2. The lowest BCUT2D eigenvalue weighted by molar-refractivity contribution is 0.388. The molecule has 2 aromatic carbocycles. The number of anilines is 1. The van der Waals surface area contributed by atoms with Crippen molar-refractivity contribution < 1.29 is 0 Å². The Morgan fingerprint density at radius 3 is 2.40 bits per heavy atom. The molecule has 1 aromatic heterocycles. The third-order valence-corrected chi connectivity index (χ3v) is 3.36. The zero-order valence-corrected chi connectivity index (χ0v) is 11.7. The SMILES string of the molecule is CC(C)C(Nc1ccccc1)n1nnc2ccccc21. The van der Waals surface area contributed by atoms with E-state index in [4.69, 9.17) is 0 Å². The molecule has 0 saturated carbocycles. The summed E-state index contributed by atoms with van der Waals surface area (Å²) in [4.78, 5) is 0. The summed E-state index contributed by atoms with van der Waals surface area (Å²) in [7, 11) is 0. The van der Waals surface area contributed by atoms with E-state index in [1.54, 1.807) is 0 Å². The number of rotatable bonds is 4. The maximum absolute atomic E-state index is 4.32. The summed E-state index contributed by atoms with van der Waals surface area (Å²) in [6, 6.07) is 18.2. The third-order valence-electron chi connectivity index (χ3n) is 3.36. The van der Waals surface area contributed by atoms with Crippen LogP contribution in [-0.2, 0) is 0 Å². The first-order valence-corrected chi connectivity index (χ1v) is 6.87. The molecule has 1 heterocycles. The van der Waals surface area contributed by atoms with Gasteiger partial charge in [0.05, 0.1) is 5.52 Å². The zero-order chi connectivity index (χ0) is 13.9. The lowest BCUT2D eigenvalue weighted by atomic mass is 10.1. The van der Waals surface area contributed by atoms with Crippen molar-refractivity contribution in [2.75, 3.05) is 5.32 Å². The van der Waals surface area contributed by atoms with Gasteiger partial charge in [0.2, 0.25) is 0 Å². The Bertz CT molecular complexity index is 688. The first-order chi connectivity index (χ1) is 9.75. The molecule has 3 aromatic rings. The molecule has 0 saturated heterocycles. The van der Waals surface area contributed by atoms with Crippen LogP contribution in [0.25, 0.3) is 11.0 Å². The van der Waals surface area contributed by atoms with E-state index in [1.807, 2.05) is 41.1 Å². The van der Waals surface area contributed by atoms with Gasteiger partial charge in [-0.25, -0.2) is 4.68 Å². The quantitative estimate of drug-likeness (QED) is 0.783. The highest BCUT2D eigenvalue weighted by molar-refractivity contribution is 5.74. The van der Waals surface area contributed by atoms with Crippen LogP contribution in [0, 0.1) is 5.92 Å². The predicted molar refractivity (Wildman–Crippen MR) is 81.5 cm³/mol. The van der Waals surface area contributed by atoms with E-state index in [0.29, 0.717) is 5.92 Å². The van der Waals surface area contributed by atoms with Crippen LogP contribution in [0.3, 0.4) is 0 Å². The fourth-order valence-electron chi connectivity index (χ4n) is 2.31. The fourth-order valence-corrected chi connectivity index (χ4v) is 2.31. The molecule has 0 radical (unpaired) electrons. The summed E-state index contributed by atoms with van der Waals surface area (Å²) in [5.41, 5.74) is 3.06. The maximum Gasteiger partial charge on any atom is 0.125 e. The van der Waals surface area contributed by atoms with Gasteiger partial charge in [0.25, 0.3) is 0 Å². The molecule has 4 heteroatoms. The van der Waals surface area contributed by atoms with Gasteiger partial charge in [-0.1, -0.05) is 49.4 Å². The molecule has 102 valence electrons. The van der Waals surface area contributed by atoms with Gasteiger partial charge < -0.3 is 5.32 Å². The van der Waals surface area contributed by atoms with Crippen molar-refractivity contribution in [3.63, 3.8) is 0 Å². The molecule has 3 rings (SSSR count). The molecular weight excluding hydrogens is 248 g/mol. The van der Waals surface area contributed by atoms with E-state index in [2.05, 4.69) is 47.7 Å². The highest BCUT2D eigenvalue weighted by Gasteiger charge is 2.18. The Balaban J connectivity index is 1.98. The van der Waals surface area contributed by atoms with Crippen LogP contribution < -0.4 is 5.32 Å². The third kappa shape index (κ3) is 2.37. The molecule has 1 N–H and O–H groups in total. The number of benzene rings is 2. The molecule has 4 nitrogen and oxygen atoms in total. The minimum atomic E-state index is 0.0739. The summed E-state index contributed by atoms with van der Waals surface area (Å²) < 4.78 is 1.97. The average Bonchev–Trinajstić information content (AvgIpc) is 2.89. The van der Waals surface area contributed by atoms with Crippen molar-refractivity contribution in [1.82, 2.24) is 15.0 Å². The number of aromatic nitrogens is 3. The Labute approximate surface area is 118 Å². The van der Waals surface area contributed by atoms with Crippen molar-refractivity contribution in [3.05, 3.63) is 54.6 Å².